The molecule has 0 radical (unpaired) electrons. The third-order valence-electron chi connectivity index (χ3n) is 5.74. The first-order valence-electron chi connectivity index (χ1n) is 8.49. The van der Waals surface area contributed by atoms with Crippen LogP contribution in [0.4, 0.5) is 0 Å². The highest BCUT2D eigenvalue weighted by molar-refractivity contribution is 7.99. The summed E-state index contributed by atoms with van der Waals surface area (Å²) in [7, 11) is 0. The van der Waals surface area contributed by atoms with Crippen molar-refractivity contribution >= 4 is 11.8 Å². The van der Waals surface area contributed by atoms with Gasteiger partial charge in [-0.3, -0.25) is 11.3 Å². The summed E-state index contributed by atoms with van der Waals surface area (Å²) in [5.41, 5.74) is 3.13. The first-order valence-corrected chi connectivity index (χ1v) is 9.65. The van der Waals surface area contributed by atoms with Crippen LogP contribution < -0.4 is 11.3 Å². The second-order valence-corrected chi connectivity index (χ2v) is 8.38. The zero-order chi connectivity index (χ0) is 14.8. The molecule has 0 amide bonds. The zero-order valence-corrected chi connectivity index (χ0v) is 14.1. The van der Waals surface area contributed by atoms with Crippen molar-refractivity contribution in [2.24, 2.45) is 11.8 Å². The van der Waals surface area contributed by atoms with E-state index in [0.29, 0.717) is 5.92 Å². The molecule has 0 saturated carbocycles. The van der Waals surface area contributed by atoms with Gasteiger partial charge in [0, 0.05) is 13.2 Å². The van der Waals surface area contributed by atoms with E-state index in [1.807, 2.05) is 0 Å². The fourth-order valence-corrected chi connectivity index (χ4v) is 5.69. The van der Waals surface area contributed by atoms with Crippen LogP contribution in [0.25, 0.3) is 0 Å². The third kappa shape index (κ3) is 3.42. The molecule has 3 heterocycles. The largest absolute Gasteiger partial charge is 0.375 e. The lowest BCUT2D eigenvalue weighted by molar-refractivity contribution is -0.143. The lowest BCUT2D eigenvalue weighted by atomic mass is 9.72. The molecule has 3 aliphatic heterocycles. The molecule has 0 aromatic heterocycles. The molecule has 5 heteroatoms. The van der Waals surface area contributed by atoms with Crippen molar-refractivity contribution in [2.45, 2.75) is 69.1 Å². The predicted octanol–water partition coefficient (Wildman–Crippen LogP) is 2.47. The third-order valence-corrected chi connectivity index (χ3v) is 6.73. The van der Waals surface area contributed by atoms with E-state index in [-0.39, 0.29) is 17.2 Å². The minimum absolute atomic E-state index is 0.111. The van der Waals surface area contributed by atoms with Gasteiger partial charge in [0.15, 0.2) is 0 Å². The maximum Gasteiger partial charge on any atom is 0.0822 e. The molecule has 3 N–H and O–H groups in total. The molecule has 3 fully saturated rings. The summed E-state index contributed by atoms with van der Waals surface area (Å²) in [6.07, 6.45) is 8.18. The van der Waals surface area contributed by atoms with Crippen LogP contribution >= 0.6 is 11.8 Å². The van der Waals surface area contributed by atoms with E-state index in [9.17, 15) is 0 Å². The Balaban J connectivity index is 1.71. The maximum absolute atomic E-state index is 6.23. The van der Waals surface area contributed by atoms with Crippen LogP contribution in [-0.2, 0) is 9.47 Å². The van der Waals surface area contributed by atoms with E-state index in [4.69, 9.17) is 15.3 Å². The number of nitrogens with two attached hydrogens (primary N) is 1. The Morgan fingerprint density at radius 1 is 1.14 bits per heavy atom. The van der Waals surface area contributed by atoms with Crippen LogP contribution in [0, 0.1) is 5.92 Å². The van der Waals surface area contributed by atoms with Crippen molar-refractivity contribution in [2.75, 3.05) is 24.7 Å². The molecular formula is C16H30N2O2S. The van der Waals surface area contributed by atoms with E-state index in [0.717, 1.165) is 32.5 Å². The van der Waals surface area contributed by atoms with Crippen LogP contribution in [0.15, 0.2) is 0 Å². The van der Waals surface area contributed by atoms with Gasteiger partial charge in [-0.1, -0.05) is 0 Å². The van der Waals surface area contributed by atoms with Crippen molar-refractivity contribution in [1.82, 2.24) is 5.43 Å². The van der Waals surface area contributed by atoms with Gasteiger partial charge in [0.25, 0.3) is 0 Å². The molecule has 3 atom stereocenters. The van der Waals surface area contributed by atoms with E-state index in [1.54, 1.807) is 0 Å². The topological polar surface area (TPSA) is 56.5 Å². The lowest BCUT2D eigenvalue weighted by Crippen LogP contribution is -2.60. The summed E-state index contributed by atoms with van der Waals surface area (Å²) < 4.78 is 12.4. The number of ether oxygens (including phenoxy) is 2. The Hall–Kier alpha value is 0.190. The predicted molar refractivity (Wildman–Crippen MR) is 87.3 cm³/mol. The molecule has 21 heavy (non-hydrogen) atoms. The monoisotopic (exact) mass is 314 g/mol. The first kappa shape index (κ1) is 16.1. The Kier molecular flexibility index (Phi) is 5.16. The minimum Gasteiger partial charge on any atom is -0.375 e. The average molecular weight is 314 g/mol. The fourth-order valence-electron chi connectivity index (χ4n) is 4.45. The Labute approximate surface area is 132 Å². The van der Waals surface area contributed by atoms with Crippen molar-refractivity contribution in [1.29, 1.82) is 0 Å². The molecule has 1 spiro atoms. The Morgan fingerprint density at radius 2 is 1.95 bits per heavy atom. The molecule has 0 aromatic rings. The quantitative estimate of drug-likeness (QED) is 0.619. The smallest absolute Gasteiger partial charge is 0.0822 e. The molecule has 0 aliphatic carbocycles. The Morgan fingerprint density at radius 3 is 2.62 bits per heavy atom. The minimum atomic E-state index is -0.111. The van der Waals surface area contributed by atoms with Gasteiger partial charge in [0.2, 0.25) is 0 Å². The number of hydrazine groups is 1. The van der Waals surface area contributed by atoms with Gasteiger partial charge in [-0.2, -0.15) is 11.8 Å². The fraction of sp³-hybridized carbons (Fsp3) is 1.00. The molecule has 3 unspecified atom stereocenters. The van der Waals surface area contributed by atoms with Gasteiger partial charge in [-0.25, -0.2) is 0 Å². The number of hydrogen-bond acceptors (Lipinski definition) is 5. The molecule has 122 valence electrons. The van der Waals surface area contributed by atoms with Gasteiger partial charge in [0.05, 0.1) is 17.2 Å². The second-order valence-electron chi connectivity index (χ2n) is 7.16. The summed E-state index contributed by atoms with van der Waals surface area (Å²) >= 11 is 2.06. The zero-order valence-electron chi connectivity index (χ0n) is 13.2. The summed E-state index contributed by atoms with van der Waals surface area (Å²) in [4.78, 5) is 0. The standard InChI is InChI=1S/C16H30N2O2S/c1-15(5-2-3-8-19-15)14(18-17)13-4-9-20-16(12-13)6-10-21-11-7-16/h13-14,18H,2-12,17H2,1H3. The Bertz CT molecular complexity index is 336. The number of nitrogens with one attached hydrogen (secondary N) is 1. The van der Waals surface area contributed by atoms with Gasteiger partial charge in [-0.15, -0.1) is 0 Å². The molecule has 3 aliphatic rings. The second kappa shape index (κ2) is 6.75. The highest BCUT2D eigenvalue weighted by Crippen LogP contribution is 2.43. The lowest BCUT2D eigenvalue weighted by Gasteiger charge is -2.49. The maximum atomic E-state index is 6.23. The van der Waals surface area contributed by atoms with Crippen molar-refractivity contribution in [3.8, 4) is 0 Å². The molecular weight excluding hydrogens is 284 g/mol. The normalized spacial score (nSPS) is 38.3. The highest BCUT2D eigenvalue weighted by atomic mass is 32.2. The van der Waals surface area contributed by atoms with Crippen LogP contribution in [0.5, 0.6) is 0 Å². The van der Waals surface area contributed by atoms with Crippen molar-refractivity contribution in [3.63, 3.8) is 0 Å². The molecule has 0 bridgehead atoms. The number of hydrogen-bond donors (Lipinski definition) is 2. The SMILES string of the molecule is CC1(C(NN)C2CCOC3(CCSCC3)C2)CCCCO1. The van der Waals surface area contributed by atoms with Gasteiger partial charge in [-0.05, 0) is 69.3 Å². The van der Waals surface area contributed by atoms with Gasteiger partial charge >= 0.3 is 0 Å². The van der Waals surface area contributed by atoms with Gasteiger partial charge < -0.3 is 9.47 Å². The van der Waals surface area contributed by atoms with Crippen LogP contribution in [0.1, 0.15) is 51.9 Å². The van der Waals surface area contributed by atoms with E-state index < -0.39 is 0 Å². The van der Waals surface area contributed by atoms with Crippen LogP contribution in [-0.4, -0.2) is 42.0 Å². The summed E-state index contributed by atoms with van der Waals surface area (Å²) in [6.45, 7) is 4.00. The van der Waals surface area contributed by atoms with E-state index in [2.05, 4.69) is 24.1 Å². The summed E-state index contributed by atoms with van der Waals surface area (Å²) in [6, 6.07) is 0.244. The molecule has 4 nitrogen and oxygen atoms in total. The summed E-state index contributed by atoms with van der Waals surface area (Å²) in [5, 5.41) is 0. The van der Waals surface area contributed by atoms with Gasteiger partial charge in [0.1, 0.15) is 0 Å². The average Bonchev–Trinajstić information content (AvgIpc) is 2.49. The van der Waals surface area contributed by atoms with E-state index in [1.165, 1.54) is 37.2 Å². The number of thioether (sulfide) groups is 1. The van der Waals surface area contributed by atoms with E-state index >= 15 is 0 Å². The van der Waals surface area contributed by atoms with Crippen LogP contribution in [0.2, 0.25) is 0 Å². The van der Waals surface area contributed by atoms with Crippen LogP contribution in [0.3, 0.4) is 0 Å². The summed E-state index contributed by atoms with van der Waals surface area (Å²) in [5.74, 6) is 9.00. The molecule has 3 saturated heterocycles. The molecule has 3 rings (SSSR count). The first-order chi connectivity index (χ1) is 10.2. The van der Waals surface area contributed by atoms with Crippen molar-refractivity contribution < 1.29 is 9.47 Å². The highest BCUT2D eigenvalue weighted by Gasteiger charge is 2.46. The number of rotatable bonds is 3. The molecule has 0 aromatic carbocycles. The van der Waals surface area contributed by atoms with Crippen molar-refractivity contribution in [3.05, 3.63) is 0 Å².